The average Bonchev–Trinajstić information content (AvgIpc) is 3.10. The van der Waals surface area contributed by atoms with Gasteiger partial charge in [-0.1, -0.05) is 32.0 Å². The van der Waals surface area contributed by atoms with Crippen molar-refractivity contribution in [2.75, 3.05) is 26.2 Å². The third-order valence-corrected chi connectivity index (χ3v) is 4.53. The first kappa shape index (κ1) is 17.6. The van der Waals surface area contributed by atoms with Crippen LogP contribution in [0.5, 0.6) is 0 Å². The summed E-state index contributed by atoms with van der Waals surface area (Å²) >= 11 is 0. The second-order valence-electron chi connectivity index (χ2n) is 7.08. The molecule has 2 heterocycles. The Hall–Kier alpha value is -2.21. The van der Waals surface area contributed by atoms with Gasteiger partial charge in [-0.3, -0.25) is 9.59 Å². The summed E-state index contributed by atoms with van der Waals surface area (Å²) in [6, 6.07) is 7.20. The number of benzene rings is 1. The fraction of sp³-hybridized carbons (Fsp3) is 0.526. The van der Waals surface area contributed by atoms with Crippen LogP contribution < -0.4 is 10.9 Å². The fourth-order valence-electron chi connectivity index (χ4n) is 3.29. The maximum Gasteiger partial charge on any atom is 0.274 e. The van der Waals surface area contributed by atoms with Crippen LogP contribution >= 0.6 is 0 Å². The molecule has 1 amide bonds. The molecule has 0 saturated carbocycles. The second-order valence-corrected chi connectivity index (χ2v) is 7.08. The van der Waals surface area contributed by atoms with Crippen LogP contribution in [0, 0.1) is 5.92 Å². The molecule has 1 aliphatic heterocycles. The molecule has 0 atom stereocenters. The highest BCUT2D eigenvalue weighted by atomic mass is 16.2. The predicted molar refractivity (Wildman–Crippen MR) is 98.8 cm³/mol. The smallest absolute Gasteiger partial charge is 0.274 e. The van der Waals surface area contributed by atoms with Gasteiger partial charge in [-0.2, -0.15) is 5.10 Å². The molecule has 0 bridgehead atoms. The number of hydrogen-bond donors (Lipinski definition) is 1. The van der Waals surface area contributed by atoms with Gasteiger partial charge in [-0.25, -0.2) is 4.68 Å². The molecule has 0 spiro atoms. The SMILES string of the molecule is CC(C)Cn1nc(C(=O)NCCN2CCCC2)c2ccccc2c1=O. The summed E-state index contributed by atoms with van der Waals surface area (Å²) < 4.78 is 1.42. The minimum absolute atomic E-state index is 0.141. The molecule has 1 fully saturated rings. The maximum atomic E-state index is 12.7. The Morgan fingerprint density at radius 2 is 1.88 bits per heavy atom. The van der Waals surface area contributed by atoms with E-state index in [1.807, 2.05) is 26.0 Å². The lowest BCUT2D eigenvalue weighted by Crippen LogP contribution is -2.35. The summed E-state index contributed by atoms with van der Waals surface area (Å²) in [5.74, 6) is 0.0605. The third-order valence-electron chi connectivity index (χ3n) is 4.53. The van der Waals surface area contributed by atoms with Crippen LogP contribution in [0.15, 0.2) is 29.1 Å². The molecular weight excluding hydrogens is 316 g/mol. The van der Waals surface area contributed by atoms with E-state index in [0.29, 0.717) is 29.6 Å². The molecule has 6 nitrogen and oxygen atoms in total. The maximum absolute atomic E-state index is 12.7. The highest BCUT2D eigenvalue weighted by Gasteiger charge is 2.17. The highest BCUT2D eigenvalue weighted by Crippen LogP contribution is 2.14. The van der Waals surface area contributed by atoms with Crippen molar-refractivity contribution in [1.82, 2.24) is 20.0 Å². The molecule has 1 aromatic heterocycles. The van der Waals surface area contributed by atoms with Crippen molar-refractivity contribution in [3.63, 3.8) is 0 Å². The van der Waals surface area contributed by atoms with Crippen LogP contribution in [-0.4, -0.2) is 46.8 Å². The molecule has 1 aromatic carbocycles. The van der Waals surface area contributed by atoms with Gasteiger partial charge in [0.25, 0.3) is 11.5 Å². The van der Waals surface area contributed by atoms with E-state index >= 15 is 0 Å². The van der Waals surface area contributed by atoms with Crippen LogP contribution in [0.1, 0.15) is 37.2 Å². The Bertz CT molecular complexity index is 807. The molecule has 2 aromatic rings. The van der Waals surface area contributed by atoms with Crippen LogP contribution in [0.25, 0.3) is 10.8 Å². The Kier molecular flexibility index (Phi) is 5.48. The summed E-state index contributed by atoms with van der Waals surface area (Å²) in [5.41, 5.74) is 0.190. The van der Waals surface area contributed by atoms with Gasteiger partial charge < -0.3 is 10.2 Å². The molecule has 0 aliphatic carbocycles. The number of rotatable bonds is 6. The lowest BCUT2D eigenvalue weighted by molar-refractivity contribution is 0.0944. The summed E-state index contributed by atoms with van der Waals surface area (Å²) in [5, 5.41) is 8.49. The zero-order valence-electron chi connectivity index (χ0n) is 15.0. The third kappa shape index (κ3) is 4.07. The van der Waals surface area contributed by atoms with Gasteiger partial charge in [-0.05, 0) is 37.9 Å². The Morgan fingerprint density at radius 1 is 1.20 bits per heavy atom. The van der Waals surface area contributed by atoms with E-state index < -0.39 is 0 Å². The molecule has 1 saturated heterocycles. The van der Waals surface area contributed by atoms with Crippen molar-refractivity contribution in [3.8, 4) is 0 Å². The van der Waals surface area contributed by atoms with Crippen LogP contribution in [0.4, 0.5) is 0 Å². The molecule has 25 heavy (non-hydrogen) atoms. The lowest BCUT2D eigenvalue weighted by atomic mass is 10.1. The zero-order valence-corrected chi connectivity index (χ0v) is 15.0. The Balaban J connectivity index is 1.84. The van der Waals surface area contributed by atoms with Gasteiger partial charge in [0.2, 0.25) is 0 Å². The number of likely N-dealkylation sites (tertiary alicyclic amines) is 1. The summed E-state index contributed by atoms with van der Waals surface area (Å²) in [4.78, 5) is 27.6. The number of aromatic nitrogens is 2. The van der Waals surface area contributed by atoms with Gasteiger partial charge in [0.05, 0.1) is 5.39 Å². The number of nitrogens with zero attached hydrogens (tertiary/aromatic N) is 3. The van der Waals surface area contributed by atoms with Gasteiger partial charge in [0, 0.05) is 25.0 Å². The van der Waals surface area contributed by atoms with Crippen LogP contribution in [0.3, 0.4) is 0 Å². The molecular formula is C19H26N4O2. The topological polar surface area (TPSA) is 67.2 Å². The lowest BCUT2D eigenvalue weighted by Gasteiger charge is -2.15. The monoisotopic (exact) mass is 342 g/mol. The molecule has 1 aliphatic rings. The molecule has 3 rings (SSSR count). The number of nitrogens with one attached hydrogen (secondary N) is 1. The molecule has 134 valence electrons. The van der Waals surface area contributed by atoms with Crippen molar-refractivity contribution in [2.24, 2.45) is 5.92 Å². The molecule has 0 radical (unpaired) electrons. The fourth-order valence-corrected chi connectivity index (χ4v) is 3.29. The summed E-state index contributed by atoms with van der Waals surface area (Å²) in [7, 11) is 0. The molecule has 6 heteroatoms. The Morgan fingerprint density at radius 3 is 2.56 bits per heavy atom. The van der Waals surface area contributed by atoms with E-state index in [1.54, 1.807) is 12.1 Å². The van der Waals surface area contributed by atoms with E-state index in [0.717, 1.165) is 19.6 Å². The van der Waals surface area contributed by atoms with Crippen LogP contribution in [0.2, 0.25) is 0 Å². The number of carbonyl (C=O) groups excluding carboxylic acids is 1. The Labute approximate surface area is 147 Å². The number of hydrogen-bond acceptors (Lipinski definition) is 4. The first-order valence-electron chi connectivity index (χ1n) is 9.06. The van der Waals surface area contributed by atoms with Crippen molar-refractivity contribution < 1.29 is 4.79 Å². The largest absolute Gasteiger partial charge is 0.349 e. The summed E-state index contributed by atoms with van der Waals surface area (Å²) in [6.07, 6.45) is 2.47. The van der Waals surface area contributed by atoms with E-state index in [1.165, 1.54) is 17.5 Å². The van der Waals surface area contributed by atoms with Gasteiger partial charge >= 0.3 is 0 Å². The average molecular weight is 342 g/mol. The first-order valence-corrected chi connectivity index (χ1v) is 9.06. The quantitative estimate of drug-likeness (QED) is 0.870. The number of amides is 1. The standard InChI is InChI=1S/C19H26N4O2/c1-14(2)13-23-19(25)16-8-4-3-7-15(16)17(21-23)18(24)20-9-12-22-10-5-6-11-22/h3-4,7-8,14H,5-6,9-13H2,1-2H3,(H,20,24). The minimum Gasteiger partial charge on any atom is -0.349 e. The number of carbonyl (C=O) groups is 1. The highest BCUT2D eigenvalue weighted by molar-refractivity contribution is 6.04. The van der Waals surface area contributed by atoms with E-state index in [9.17, 15) is 9.59 Å². The van der Waals surface area contributed by atoms with Crippen molar-refractivity contribution >= 4 is 16.7 Å². The molecule has 0 unspecified atom stereocenters. The minimum atomic E-state index is -0.215. The second kappa shape index (κ2) is 7.78. The zero-order chi connectivity index (χ0) is 17.8. The van der Waals surface area contributed by atoms with Gasteiger partial charge in [-0.15, -0.1) is 0 Å². The van der Waals surface area contributed by atoms with Crippen molar-refractivity contribution in [1.29, 1.82) is 0 Å². The normalized spacial score (nSPS) is 15.2. The van der Waals surface area contributed by atoms with Gasteiger partial charge in [0.1, 0.15) is 0 Å². The van der Waals surface area contributed by atoms with E-state index in [-0.39, 0.29) is 17.4 Å². The van der Waals surface area contributed by atoms with Gasteiger partial charge in [0.15, 0.2) is 5.69 Å². The first-order chi connectivity index (χ1) is 12.1. The van der Waals surface area contributed by atoms with Crippen molar-refractivity contribution in [3.05, 3.63) is 40.3 Å². The van der Waals surface area contributed by atoms with Crippen LogP contribution in [-0.2, 0) is 6.54 Å². The van der Waals surface area contributed by atoms with E-state index in [4.69, 9.17) is 0 Å². The summed E-state index contributed by atoms with van der Waals surface area (Å²) in [6.45, 7) is 8.22. The van der Waals surface area contributed by atoms with E-state index in [2.05, 4.69) is 15.3 Å². The predicted octanol–water partition coefficient (Wildman–Crippen LogP) is 1.88. The molecule has 1 N–H and O–H groups in total. The number of fused-ring (bicyclic) bond motifs is 1. The van der Waals surface area contributed by atoms with Crippen molar-refractivity contribution in [2.45, 2.75) is 33.2 Å².